The predicted octanol–water partition coefficient (Wildman–Crippen LogP) is 3.94. The lowest BCUT2D eigenvalue weighted by Gasteiger charge is -2.16. The Bertz CT molecular complexity index is 519. The van der Waals surface area contributed by atoms with Gasteiger partial charge in [0.15, 0.2) is 0 Å². The van der Waals surface area contributed by atoms with Crippen molar-refractivity contribution in [1.29, 1.82) is 0 Å². The Morgan fingerprint density at radius 2 is 0.950 bits per heavy atom. The summed E-state index contributed by atoms with van der Waals surface area (Å²) < 4.78 is 99.9. The van der Waals surface area contributed by atoms with Crippen molar-refractivity contribution in [3.05, 3.63) is 34.4 Å². The summed E-state index contributed by atoms with van der Waals surface area (Å²) in [5, 5.41) is 0. The molecule has 0 aliphatic heterocycles. The molecule has 0 aliphatic carbocycles. The number of hydrogen-bond acceptors (Lipinski definition) is 2. The fourth-order valence-corrected chi connectivity index (χ4v) is 1.48. The van der Waals surface area contributed by atoms with Gasteiger partial charge in [-0.2, -0.15) is 35.1 Å². The van der Waals surface area contributed by atoms with Gasteiger partial charge in [-0.25, -0.2) is 0 Å². The van der Waals surface area contributed by atoms with Crippen LogP contribution in [0, 0.1) is 0 Å². The summed E-state index contributed by atoms with van der Waals surface area (Å²) in [7, 11) is 0. The molecule has 0 heterocycles. The first-order chi connectivity index (χ1) is 8.87. The Hall–Kier alpha value is -2.00. The molecular weight excluding hydrogens is 304 g/mol. The third-order valence-corrected chi connectivity index (χ3v) is 2.21. The Morgan fingerprint density at radius 1 is 0.700 bits per heavy atom. The maximum absolute atomic E-state index is 12.6. The first-order valence-corrected chi connectivity index (χ1v) is 4.58. The van der Waals surface area contributed by atoms with E-state index in [1.807, 2.05) is 0 Å². The number of alkyl halides is 6. The van der Waals surface area contributed by atoms with Gasteiger partial charge in [0.25, 0.3) is 0 Å². The highest BCUT2D eigenvalue weighted by molar-refractivity contribution is 6.04. The second kappa shape index (κ2) is 4.84. The highest BCUT2D eigenvalue weighted by Gasteiger charge is 2.43. The van der Waals surface area contributed by atoms with Gasteiger partial charge < -0.3 is 0 Å². The summed E-state index contributed by atoms with van der Waals surface area (Å²) in [6, 6.07) is -6.49. The minimum absolute atomic E-state index is 0.248. The van der Waals surface area contributed by atoms with Gasteiger partial charge in [-0.15, -0.1) is 0 Å². The highest BCUT2D eigenvalue weighted by atomic mass is 19.4. The fourth-order valence-electron chi connectivity index (χ4n) is 1.48. The number of hydrogen-bond donors (Lipinski definition) is 0. The van der Waals surface area contributed by atoms with E-state index >= 15 is 0 Å². The molecule has 0 spiro atoms. The minimum Gasteiger partial charge on any atom is -0.255 e. The zero-order valence-corrected chi connectivity index (χ0v) is 8.99. The number of benzene rings is 1. The van der Waals surface area contributed by atoms with Crippen molar-refractivity contribution in [3.63, 3.8) is 0 Å². The average Bonchev–Trinajstić information content (AvgIpc) is 2.24. The summed E-state index contributed by atoms with van der Waals surface area (Å²) in [4.78, 5) is 20.9. The fraction of sp³-hybridized carbons (Fsp3) is 0.200. The van der Waals surface area contributed by atoms with Crippen molar-refractivity contribution in [2.75, 3.05) is 0 Å². The van der Waals surface area contributed by atoms with Crippen LogP contribution in [-0.4, -0.2) is 12.1 Å². The molecule has 1 aromatic carbocycles. The summed E-state index contributed by atoms with van der Waals surface area (Å²) >= 11 is 0. The molecule has 0 saturated carbocycles. The molecule has 110 valence electrons. The molecule has 0 radical (unpaired) electrons. The van der Waals surface area contributed by atoms with Gasteiger partial charge in [0.2, 0.25) is 0 Å². The summed E-state index contributed by atoms with van der Waals surface area (Å²) in [6.45, 7) is 0. The lowest BCUT2D eigenvalue weighted by Crippen LogP contribution is -2.20. The predicted molar refractivity (Wildman–Crippen MR) is 47.3 cm³/mol. The van der Waals surface area contributed by atoms with E-state index in [9.17, 15) is 44.7 Å². The maximum Gasteiger partial charge on any atom is 0.417 e. The van der Waals surface area contributed by atoms with Crippen molar-refractivity contribution in [2.45, 2.75) is 12.4 Å². The molecule has 0 amide bonds. The summed E-state index contributed by atoms with van der Waals surface area (Å²) in [5.41, 5.74) is -8.92. The van der Waals surface area contributed by atoms with Gasteiger partial charge in [-0.05, 0) is 12.1 Å². The topological polar surface area (TPSA) is 34.1 Å². The van der Waals surface area contributed by atoms with Crippen molar-refractivity contribution in [3.8, 4) is 0 Å². The number of carbonyl (C=O) groups excluding carboxylic acids is 2. The number of carbonyl (C=O) groups is 2. The van der Waals surface area contributed by atoms with Crippen LogP contribution in [0.15, 0.2) is 12.1 Å². The van der Waals surface area contributed by atoms with E-state index in [1.54, 1.807) is 0 Å². The van der Waals surface area contributed by atoms with Gasteiger partial charge in [0.1, 0.15) is 0 Å². The van der Waals surface area contributed by atoms with Crippen LogP contribution in [0.5, 0.6) is 0 Å². The molecule has 1 rings (SSSR count). The van der Waals surface area contributed by atoms with E-state index < -0.39 is 46.7 Å². The summed E-state index contributed by atoms with van der Waals surface area (Å²) in [5.74, 6) is 0. The summed E-state index contributed by atoms with van der Waals surface area (Å²) in [6.07, 6.45) is -10.9. The molecule has 0 unspecified atom stereocenters. The first-order valence-electron chi connectivity index (χ1n) is 4.58. The van der Waals surface area contributed by atoms with E-state index in [2.05, 4.69) is 0 Å². The Kier molecular flexibility index (Phi) is 3.88. The molecular formula is C10H2F8O2. The average molecular weight is 306 g/mol. The Balaban J connectivity index is 3.88. The molecule has 0 fully saturated rings. The molecule has 0 bridgehead atoms. The Labute approximate surface area is 105 Å². The molecule has 0 atom stereocenters. The van der Waals surface area contributed by atoms with Crippen molar-refractivity contribution in [2.24, 2.45) is 0 Å². The second-order valence-corrected chi connectivity index (χ2v) is 3.45. The number of halogens is 8. The smallest absolute Gasteiger partial charge is 0.255 e. The van der Waals surface area contributed by atoms with Gasteiger partial charge in [-0.1, -0.05) is 0 Å². The van der Waals surface area contributed by atoms with Crippen molar-refractivity contribution >= 4 is 12.1 Å². The second-order valence-electron chi connectivity index (χ2n) is 3.45. The normalized spacial score (nSPS) is 12.4. The van der Waals surface area contributed by atoms with Gasteiger partial charge in [0, 0.05) is 0 Å². The van der Waals surface area contributed by atoms with E-state index in [-0.39, 0.29) is 12.1 Å². The first kappa shape index (κ1) is 16.1. The van der Waals surface area contributed by atoms with Crippen LogP contribution in [-0.2, 0) is 12.4 Å². The molecule has 0 aromatic heterocycles. The van der Waals surface area contributed by atoms with E-state index in [1.165, 1.54) is 0 Å². The van der Waals surface area contributed by atoms with Crippen LogP contribution in [0.1, 0.15) is 31.8 Å². The van der Waals surface area contributed by atoms with E-state index in [0.29, 0.717) is 0 Å². The molecule has 2 nitrogen and oxygen atoms in total. The van der Waals surface area contributed by atoms with Crippen LogP contribution in [0.25, 0.3) is 0 Å². The van der Waals surface area contributed by atoms with Crippen LogP contribution < -0.4 is 0 Å². The van der Waals surface area contributed by atoms with Gasteiger partial charge in [-0.3, -0.25) is 9.59 Å². The molecule has 20 heavy (non-hydrogen) atoms. The molecule has 0 aliphatic rings. The maximum atomic E-state index is 12.6. The van der Waals surface area contributed by atoms with Crippen molar-refractivity contribution in [1.82, 2.24) is 0 Å². The van der Waals surface area contributed by atoms with Crippen LogP contribution in [0.2, 0.25) is 0 Å². The van der Waals surface area contributed by atoms with Gasteiger partial charge in [0.05, 0.1) is 22.3 Å². The van der Waals surface area contributed by atoms with Gasteiger partial charge >= 0.3 is 24.4 Å². The lowest BCUT2D eigenvalue weighted by atomic mass is 9.95. The molecule has 0 N–H and O–H groups in total. The van der Waals surface area contributed by atoms with Crippen LogP contribution >= 0.6 is 0 Å². The van der Waals surface area contributed by atoms with Crippen molar-refractivity contribution < 1.29 is 44.7 Å². The quantitative estimate of drug-likeness (QED) is 0.612. The Morgan fingerprint density at radius 3 is 1.10 bits per heavy atom. The third kappa shape index (κ3) is 2.94. The minimum atomic E-state index is -5.44. The van der Waals surface area contributed by atoms with Crippen LogP contribution in [0.3, 0.4) is 0 Å². The largest absolute Gasteiger partial charge is 0.417 e. The monoisotopic (exact) mass is 306 g/mol. The number of rotatable bonds is 2. The van der Waals surface area contributed by atoms with E-state index in [4.69, 9.17) is 0 Å². The molecule has 0 saturated heterocycles. The lowest BCUT2D eigenvalue weighted by molar-refractivity contribution is -0.141. The standard InChI is InChI=1S/C10H2F8O2/c11-7(19)5-3(9(13,14)15)1-2-4(10(16,17)18)6(5)8(12)20/h1-2H. The van der Waals surface area contributed by atoms with Crippen LogP contribution in [0.4, 0.5) is 35.1 Å². The zero-order valence-electron chi connectivity index (χ0n) is 8.99. The third-order valence-electron chi connectivity index (χ3n) is 2.21. The zero-order chi connectivity index (χ0) is 15.9. The molecule has 1 aromatic rings. The highest BCUT2D eigenvalue weighted by Crippen LogP contribution is 2.40. The molecule has 10 heteroatoms. The SMILES string of the molecule is O=C(F)c1c(C(F)(F)F)ccc(C(F)(F)F)c1C(=O)F. The van der Waals surface area contributed by atoms with E-state index in [0.717, 1.165) is 0 Å².